The quantitative estimate of drug-likeness (QED) is 0.616. The van der Waals surface area contributed by atoms with E-state index in [9.17, 15) is 13.6 Å². The van der Waals surface area contributed by atoms with Gasteiger partial charge in [-0.3, -0.25) is 4.79 Å². The molecule has 0 fully saturated rings. The Morgan fingerprint density at radius 2 is 1.48 bits per heavy atom. The molecule has 0 spiro atoms. The van der Waals surface area contributed by atoms with Crippen molar-refractivity contribution in [2.75, 3.05) is 5.32 Å². The molecule has 124 valence electrons. The summed E-state index contributed by atoms with van der Waals surface area (Å²) in [5.41, 5.74) is 1.36. The van der Waals surface area contributed by atoms with Gasteiger partial charge in [0, 0.05) is 5.56 Å². The second-order valence-electron chi connectivity index (χ2n) is 5.16. The van der Waals surface area contributed by atoms with Gasteiger partial charge >= 0.3 is 0 Å². The number of hydrogen-bond acceptors (Lipinski definition) is 3. The Balaban J connectivity index is 1.85. The number of halogens is 2. The Hall–Kier alpha value is -3.41. The van der Waals surface area contributed by atoms with Crippen molar-refractivity contribution in [3.8, 4) is 0 Å². The topological polar surface area (TPSA) is 53.8 Å². The summed E-state index contributed by atoms with van der Waals surface area (Å²) in [6.07, 6.45) is 0. The minimum atomic E-state index is -0.510. The van der Waals surface area contributed by atoms with E-state index in [0.717, 1.165) is 0 Å². The first-order valence-electron chi connectivity index (χ1n) is 7.45. The summed E-state index contributed by atoms with van der Waals surface area (Å²) < 4.78 is 26.4. The maximum absolute atomic E-state index is 13.5. The molecule has 3 aromatic rings. The molecule has 0 saturated carbocycles. The first-order valence-corrected chi connectivity index (χ1v) is 7.45. The fourth-order valence-corrected chi connectivity index (χ4v) is 2.10. The highest BCUT2D eigenvalue weighted by atomic mass is 19.1. The Morgan fingerprint density at radius 3 is 2.20 bits per heavy atom. The molecule has 0 aliphatic heterocycles. The van der Waals surface area contributed by atoms with Crippen molar-refractivity contribution in [2.45, 2.75) is 0 Å². The number of anilines is 1. The van der Waals surface area contributed by atoms with Crippen LogP contribution in [0.3, 0.4) is 0 Å². The molecule has 0 aliphatic rings. The summed E-state index contributed by atoms with van der Waals surface area (Å²) in [4.78, 5) is 12.2. The second kappa shape index (κ2) is 7.44. The van der Waals surface area contributed by atoms with Crippen molar-refractivity contribution in [2.24, 2.45) is 10.2 Å². The van der Waals surface area contributed by atoms with Gasteiger partial charge in [0.2, 0.25) is 0 Å². The van der Waals surface area contributed by atoms with Crippen LogP contribution in [-0.2, 0) is 0 Å². The molecule has 25 heavy (non-hydrogen) atoms. The molecule has 1 amide bonds. The number of hydrogen-bond donors (Lipinski definition) is 1. The molecule has 0 radical (unpaired) electrons. The monoisotopic (exact) mass is 337 g/mol. The number of carbonyl (C=O) groups is 1. The molecule has 0 atom stereocenters. The SMILES string of the molecule is O=C(Nc1cc(F)ccc1N=Nc1ccc(F)cc1)c1ccccc1. The van der Waals surface area contributed by atoms with Crippen LogP contribution in [0.4, 0.5) is 25.8 Å². The van der Waals surface area contributed by atoms with Gasteiger partial charge in [-0.2, -0.15) is 5.11 Å². The summed E-state index contributed by atoms with van der Waals surface area (Å²) in [6, 6.07) is 17.8. The van der Waals surface area contributed by atoms with Crippen LogP contribution in [0, 0.1) is 11.6 Å². The van der Waals surface area contributed by atoms with Crippen LogP contribution in [0.1, 0.15) is 10.4 Å². The van der Waals surface area contributed by atoms with Gasteiger partial charge < -0.3 is 5.32 Å². The minimum Gasteiger partial charge on any atom is -0.320 e. The van der Waals surface area contributed by atoms with Gasteiger partial charge in [-0.1, -0.05) is 18.2 Å². The first kappa shape index (κ1) is 16.4. The lowest BCUT2D eigenvalue weighted by atomic mass is 10.2. The maximum Gasteiger partial charge on any atom is 0.255 e. The lowest BCUT2D eigenvalue weighted by Gasteiger charge is -2.08. The molecule has 0 unspecified atom stereocenters. The van der Waals surface area contributed by atoms with Gasteiger partial charge in [-0.15, -0.1) is 5.11 Å². The predicted octanol–water partition coefficient (Wildman–Crippen LogP) is 5.63. The van der Waals surface area contributed by atoms with Crippen LogP contribution in [0.25, 0.3) is 0 Å². The van der Waals surface area contributed by atoms with E-state index in [1.807, 2.05) is 0 Å². The Bertz CT molecular complexity index is 910. The lowest BCUT2D eigenvalue weighted by molar-refractivity contribution is 0.102. The van der Waals surface area contributed by atoms with Crippen LogP contribution in [0.2, 0.25) is 0 Å². The van der Waals surface area contributed by atoms with Gasteiger partial charge in [0.1, 0.15) is 17.3 Å². The zero-order valence-electron chi connectivity index (χ0n) is 13.0. The van der Waals surface area contributed by atoms with E-state index in [1.165, 1.54) is 42.5 Å². The molecule has 0 aromatic heterocycles. The van der Waals surface area contributed by atoms with Crippen molar-refractivity contribution in [1.29, 1.82) is 0 Å². The highest BCUT2D eigenvalue weighted by molar-refractivity contribution is 6.05. The molecule has 0 bridgehead atoms. The maximum atomic E-state index is 13.5. The number of nitrogens with zero attached hydrogens (tertiary/aromatic N) is 2. The zero-order valence-corrected chi connectivity index (χ0v) is 13.0. The van der Waals surface area contributed by atoms with Gasteiger partial charge in [-0.25, -0.2) is 8.78 Å². The van der Waals surface area contributed by atoms with Crippen LogP contribution in [0.15, 0.2) is 83.0 Å². The number of benzene rings is 3. The van der Waals surface area contributed by atoms with E-state index in [0.29, 0.717) is 11.3 Å². The molecule has 0 heterocycles. The van der Waals surface area contributed by atoms with Gasteiger partial charge in [0.05, 0.1) is 11.4 Å². The third-order valence-corrected chi connectivity index (χ3v) is 3.34. The molecule has 3 aromatic carbocycles. The molecule has 0 saturated heterocycles. The number of azo groups is 1. The molecule has 1 N–H and O–H groups in total. The summed E-state index contributed by atoms with van der Waals surface area (Å²) in [7, 11) is 0. The molecular formula is C19H13F2N3O. The summed E-state index contributed by atoms with van der Waals surface area (Å²) in [5, 5.41) is 10.6. The number of nitrogens with one attached hydrogen (secondary N) is 1. The van der Waals surface area contributed by atoms with Crippen LogP contribution < -0.4 is 5.32 Å². The third kappa shape index (κ3) is 4.32. The number of amides is 1. The fourth-order valence-electron chi connectivity index (χ4n) is 2.10. The van der Waals surface area contributed by atoms with E-state index in [-0.39, 0.29) is 23.1 Å². The molecule has 6 heteroatoms. The van der Waals surface area contributed by atoms with Crippen molar-refractivity contribution < 1.29 is 13.6 Å². The summed E-state index contributed by atoms with van der Waals surface area (Å²) in [5.74, 6) is -1.27. The highest BCUT2D eigenvalue weighted by Crippen LogP contribution is 2.28. The van der Waals surface area contributed by atoms with Crippen molar-refractivity contribution >= 4 is 23.0 Å². The largest absolute Gasteiger partial charge is 0.320 e. The van der Waals surface area contributed by atoms with E-state index < -0.39 is 5.82 Å². The molecule has 4 nitrogen and oxygen atoms in total. The van der Waals surface area contributed by atoms with Crippen LogP contribution in [0.5, 0.6) is 0 Å². The number of carbonyl (C=O) groups excluding carboxylic acids is 1. The zero-order chi connectivity index (χ0) is 17.6. The Labute approximate surface area is 142 Å². The average molecular weight is 337 g/mol. The van der Waals surface area contributed by atoms with Crippen LogP contribution >= 0.6 is 0 Å². The fraction of sp³-hybridized carbons (Fsp3) is 0. The standard InChI is InChI=1S/C19H13F2N3O/c20-14-6-9-16(10-7-14)23-24-17-11-8-15(21)12-18(17)22-19(25)13-4-2-1-3-5-13/h1-12H,(H,22,25). The van der Waals surface area contributed by atoms with E-state index >= 15 is 0 Å². The van der Waals surface area contributed by atoms with Gasteiger partial charge in [-0.05, 0) is 54.6 Å². The minimum absolute atomic E-state index is 0.194. The lowest BCUT2D eigenvalue weighted by Crippen LogP contribution is -2.11. The Morgan fingerprint density at radius 1 is 0.800 bits per heavy atom. The number of rotatable bonds is 4. The van der Waals surface area contributed by atoms with Gasteiger partial charge in [0.25, 0.3) is 5.91 Å². The second-order valence-corrected chi connectivity index (χ2v) is 5.16. The van der Waals surface area contributed by atoms with Gasteiger partial charge in [0.15, 0.2) is 0 Å². The molecule has 3 rings (SSSR count). The van der Waals surface area contributed by atoms with Crippen molar-refractivity contribution in [1.82, 2.24) is 0 Å². The van der Waals surface area contributed by atoms with E-state index in [4.69, 9.17) is 0 Å². The Kier molecular flexibility index (Phi) is 4.89. The molecular weight excluding hydrogens is 324 g/mol. The van der Waals surface area contributed by atoms with Crippen molar-refractivity contribution in [3.05, 3.63) is 90.0 Å². The normalized spacial score (nSPS) is 10.8. The summed E-state index contributed by atoms with van der Waals surface area (Å²) >= 11 is 0. The highest BCUT2D eigenvalue weighted by Gasteiger charge is 2.10. The third-order valence-electron chi connectivity index (χ3n) is 3.34. The van der Waals surface area contributed by atoms with Crippen LogP contribution in [-0.4, -0.2) is 5.91 Å². The van der Waals surface area contributed by atoms with Crippen molar-refractivity contribution in [3.63, 3.8) is 0 Å². The predicted molar refractivity (Wildman–Crippen MR) is 91.4 cm³/mol. The average Bonchev–Trinajstić information content (AvgIpc) is 2.63. The van der Waals surface area contributed by atoms with E-state index in [2.05, 4.69) is 15.5 Å². The smallest absolute Gasteiger partial charge is 0.255 e. The van der Waals surface area contributed by atoms with E-state index in [1.54, 1.807) is 30.3 Å². The first-order chi connectivity index (χ1) is 12.1. The molecule has 0 aliphatic carbocycles. The summed E-state index contributed by atoms with van der Waals surface area (Å²) in [6.45, 7) is 0.